The van der Waals surface area contributed by atoms with E-state index in [0.717, 1.165) is 48.9 Å². The van der Waals surface area contributed by atoms with Crippen LogP contribution in [0, 0.1) is 0 Å². The first-order valence-corrected chi connectivity index (χ1v) is 10.3. The lowest BCUT2D eigenvalue weighted by Gasteiger charge is -2.35. The Morgan fingerprint density at radius 2 is 1.70 bits per heavy atom. The van der Waals surface area contributed by atoms with Crippen molar-refractivity contribution in [3.8, 4) is 11.5 Å². The smallest absolute Gasteiger partial charge is 0.234 e. The van der Waals surface area contributed by atoms with Gasteiger partial charge in [-0.25, -0.2) is 0 Å². The van der Waals surface area contributed by atoms with Crippen molar-refractivity contribution in [3.05, 3.63) is 54.1 Å². The standard InChI is InChI=1S/C23H27N3O4/c1-17(27)18-6-8-19(9-7-18)26-12-10-25(11-13-26)15-23(28)24-14-20-16-29-21-4-2-3-5-22(21)30-20/h2-9,20H,10-16H2,1H3,(H,24,28)/t20-/m1/s1. The van der Waals surface area contributed by atoms with Crippen molar-refractivity contribution in [2.24, 2.45) is 0 Å². The van der Waals surface area contributed by atoms with E-state index in [1.807, 2.05) is 48.5 Å². The van der Waals surface area contributed by atoms with Crippen LogP contribution in [-0.2, 0) is 4.79 Å². The minimum absolute atomic E-state index is 0.00304. The molecule has 0 unspecified atom stereocenters. The van der Waals surface area contributed by atoms with Crippen LogP contribution in [0.4, 0.5) is 5.69 Å². The van der Waals surface area contributed by atoms with Gasteiger partial charge in [-0.15, -0.1) is 0 Å². The number of hydrogen-bond acceptors (Lipinski definition) is 6. The highest BCUT2D eigenvalue weighted by Crippen LogP contribution is 2.30. The molecule has 0 saturated carbocycles. The summed E-state index contributed by atoms with van der Waals surface area (Å²) in [4.78, 5) is 28.2. The van der Waals surface area contributed by atoms with Crippen LogP contribution in [0.3, 0.4) is 0 Å². The van der Waals surface area contributed by atoms with Gasteiger partial charge in [-0.05, 0) is 43.3 Å². The van der Waals surface area contributed by atoms with E-state index in [4.69, 9.17) is 9.47 Å². The van der Waals surface area contributed by atoms with Gasteiger partial charge >= 0.3 is 0 Å². The topological polar surface area (TPSA) is 71.1 Å². The molecule has 4 rings (SSSR count). The molecule has 7 heteroatoms. The van der Waals surface area contributed by atoms with Gasteiger partial charge in [0.05, 0.1) is 13.1 Å². The Kier molecular flexibility index (Phi) is 6.18. The predicted molar refractivity (Wildman–Crippen MR) is 114 cm³/mol. The summed E-state index contributed by atoms with van der Waals surface area (Å²) >= 11 is 0. The number of ether oxygens (including phenoxy) is 2. The number of Topliss-reactive ketones (excluding diaryl/α,β-unsaturated/α-hetero) is 1. The van der Waals surface area contributed by atoms with Gasteiger partial charge in [0.25, 0.3) is 0 Å². The SMILES string of the molecule is CC(=O)c1ccc(N2CCN(CC(=O)NC[C@@H]3COc4ccccc4O3)CC2)cc1. The Balaban J connectivity index is 1.19. The molecule has 2 aromatic carbocycles. The Morgan fingerprint density at radius 3 is 2.40 bits per heavy atom. The fraction of sp³-hybridized carbons (Fsp3) is 0.391. The monoisotopic (exact) mass is 409 g/mol. The number of carbonyl (C=O) groups excluding carboxylic acids is 2. The molecular weight excluding hydrogens is 382 g/mol. The molecule has 1 amide bonds. The number of piperazine rings is 1. The van der Waals surface area contributed by atoms with E-state index in [9.17, 15) is 9.59 Å². The maximum absolute atomic E-state index is 12.4. The summed E-state index contributed by atoms with van der Waals surface area (Å²) in [6, 6.07) is 15.3. The third kappa shape index (κ3) is 4.91. The zero-order valence-corrected chi connectivity index (χ0v) is 17.2. The van der Waals surface area contributed by atoms with Crippen molar-refractivity contribution >= 4 is 17.4 Å². The molecule has 2 heterocycles. The van der Waals surface area contributed by atoms with Gasteiger partial charge in [-0.1, -0.05) is 12.1 Å². The molecule has 2 aliphatic heterocycles. The van der Waals surface area contributed by atoms with Gasteiger partial charge in [0.2, 0.25) is 5.91 Å². The number of rotatable bonds is 6. The predicted octanol–water partition coefficient (Wildman–Crippen LogP) is 1.97. The van der Waals surface area contributed by atoms with E-state index in [-0.39, 0.29) is 17.8 Å². The molecule has 0 spiro atoms. The van der Waals surface area contributed by atoms with Crippen LogP contribution < -0.4 is 19.7 Å². The average molecular weight is 409 g/mol. The van der Waals surface area contributed by atoms with Crippen LogP contribution in [0.2, 0.25) is 0 Å². The highest BCUT2D eigenvalue weighted by atomic mass is 16.6. The Morgan fingerprint density at radius 1 is 1.00 bits per heavy atom. The van der Waals surface area contributed by atoms with E-state index in [0.29, 0.717) is 19.7 Å². The lowest BCUT2D eigenvalue weighted by molar-refractivity contribution is -0.122. The Hall–Kier alpha value is -3.06. The fourth-order valence-corrected chi connectivity index (χ4v) is 3.72. The first-order valence-electron chi connectivity index (χ1n) is 10.3. The number of nitrogens with one attached hydrogen (secondary N) is 1. The highest BCUT2D eigenvalue weighted by molar-refractivity contribution is 5.94. The number of anilines is 1. The molecule has 2 aromatic rings. The van der Waals surface area contributed by atoms with Crippen LogP contribution in [0.15, 0.2) is 48.5 Å². The van der Waals surface area contributed by atoms with Gasteiger partial charge in [0.15, 0.2) is 17.3 Å². The molecule has 0 radical (unpaired) electrons. The molecule has 0 bridgehead atoms. The summed E-state index contributed by atoms with van der Waals surface area (Å²) in [5, 5.41) is 2.96. The zero-order valence-electron chi connectivity index (χ0n) is 17.2. The molecule has 0 aliphatic carbocycles. The third-order valence-corrected chi connectivity index (χ3v) is 5.47. The van der Waals surface area contributed by atoms with E-state index in [1.165, 1.54) is 0 Å². The zero-order chi connectivity index (χ0) is 20.9. The van der Waals surface area contributed by atoms with Crippen molar-refractivity contribution in [1.29, 1.82) is 0 Å². The molecule has 1 atom stereocenters. The lowest BCUT2D eigenvalue weighted by Crippen LogP contribution is -2.50. The largest absolute Gasteiger partial charge is 0.486 e. The van der Waals surface area contributed by atoms with Crippen LogP contribution in [0.25, 0.3) is 0 Å². The second-order valence-electron chi connectivity index (χ2n) is 7.67. The van der Waals surface area contributed by atoms with E-state index < -0.39 is 0 Å². The van der Waals surface area contributed by atoms with E-state index in [2.05, 4.69) is 15.1 Å². The summed E-state index contributed by atoms with van der Waals surface area (Å²) in [5.74, 6) is 1.54. The quantitative estimate of drug-likeness (QED) is 0.736. The Bertz CT molecular complexity index is 892. The molecule has 0 aromatic heterocycles. The minimum atomic E-state index is -0.182. The summed E-state index contributed by atoms with van der Waals surface area (Å²) in [6.45, 7) is 6.14. The maximum Gasteiger partial charge on any atom is 0.234 e. The second-order valence-corrected chi connectivity index (χ2v) is 7.67. The van der Waals surface area contributed by atoms with Crippen molar-refractivity contribution in [2.45, 2.75) is 13.0 Å². The number of amides is 1. The first kappa shape index (κ1) is 20.2. The number of carbonyl (C=O) groups is 2. The molecule has 2 aliphatic rings. The Labute approximate surface area is 176 Å². The molecule has 30 heavy (non-hydrogen) atoms. The summed E-state index contributed by atoms with van der Waals surface area (Å²) in [7, 11) is 0. The lowest BCUT2D eigenvalue weighted by atomic mass is 10.1. The summed E-state index contributed by atoms with van der Waals surface area (Å²) in [6.07, 6.45) is -0.182. The normalized spacial score (nSPS) is 18.7. The molecule has 1 saturated heterocycles. The minimum Gasteiger partial charge on any atom is -0.486 e. The van der Waals surface area contributed by atoms with Crippen LogP contribution >= 0.6 is 0 Å². The number of para-hydroxylation sites is 2. The van der Waals surface area contributed by atoms with Crippen molar-refractivity contribution in [2.75, 3.05) is 50.8 Å². The average Bonchev–Trinajstić information content (AvgIpc) is 2.78. The van der Waals surface area contributed by atoms with Gasteiger partial charge in [0.1, 0.15) is 12.7 Å². The van der Waals surface area contributed by atoms with Crippen LogP contribution in [0.1, 0.15) is 17.3 Å². The summed E-state index contributed by atoms with van der Waals surface area (Å²) in [5.41, 5.74) is 1.84. The van der Waals surface area contributed by atoms with Crippen LogP contribution in [0.5, 0.6) is 11.5 Å². The van der Waals surface area contributed by atoms with Crippen molar-refractivity contribution in [1.82, 2.24) is 10.2 Å². The van der Waals surface area contributed by atoms with Crippen molar-refractivity contribution < 1.29 is 19.1 Å². The van der Waals surface area contributed by atoms with Gasteiger partial charge in [0, 0.05) is 37.4 Å². The first-order chi connectivity index (χ1) is 14.6. The molecule has 1 N–H and O–H groups in total. The fourth-order valence-electron chi connectivity index (χ4n) is 3.72. The molecule has 7 nitrogen and oxygen atoms in total. The second kappa shape index (κ2) is 9.17. The van der Waals surface area contributed by atoms with E-state index >= 15 is 0 Å². The van der Waals surface area contributed by atoms with Crippen LogP contribution in [-0.4, -0.2) is 68.6 Å². The number of ketones is 1. The molecular formula is C23H27N3O4. The highest BCUT2D eigenvalue weighted by Gasteiger charge is 2.23. The number of hydrogen-bond donors (Lipinski definition) is 1. The maximum atomic E-state index is 12.4. The number of nitrogens with zero attached hydrogens (tertiary/aromatic N) is 2. The molecule has 1 fully saturated rings. The van der Waals surface area contributed by atoms with Crippen molar-refractivity contribution in [3.63, 3.8) is 0 Å². The van der Waals surface area contributed by atoms with E-state index in [1.54, 1.807) is 6.92 Å². The summed E-state index contributed by atoms with van der Waals surface area (Å²) < 4.78 is 11.6. The van der Waals surface area contributed by atoms with Gasteiger partial charge in [-0.2, -0.15) is 0 Å². The number of fused-ring (bicyclic) bond motifs is 1. The van der Waals surface area contributed by atoms with Gasteiger partial charge < -0.3 is 19.7 Å². The molecule has 158 valence electrons. The van der Waals surface area contributed by atoms with Gasteiger partial charge in [-0.3, -0.25) is 14.5 Å². The third-order valence-electron chi connectivity index (χ3n) is 5.47. The number of benzene rings is 2.